The second-order valence-electron chi connectivity index (χ2n) is 19.0. The Bertz CT molecular complexity index is 2340. The predicted octanol–water partition coefficient (Wildman–Crippen LogP) is 5.00. The first kappa shape index (κ1) is 47.8. The highest BCUT2D eigenvalue weighted by Crippen LogP contribution is 2.45. The lowest BCUT2D eigenvalue weighted by atomic mass is 9.90. The number of fused-ring (bicyclic) bond motifs is 2. The van der Waals surface area contributed by atoms with Crippen molar-refractivity contribution in [1.29, 1.82) is 0 Å². The summed E-state index contributed by atoms with van der Waals surface area (Å²) in [6.45, 7) is 8.52. The second kappa shape index (κ2) is 19.7. The van der Waals surface area contributed by atoms with Gasteiger partial charge in [0.1, 0.15) is 36.6 Å². The summed E-state index contributed by atoms with van der Waals surface area (Å²) in [4.78, 5) is 81.2. The van der Waals surface area contributed by atoms with Crippen LogP contribution in [0.25, 0.3) is 6.08 Å². The molecule has 0 unspecified atom stereocenters. The average molecular weight is 907 g/mol. The van der Waals surface area contributed by atoms with Crippen molar-refractivity contribution >= 4 is 41.8 Å². The summed E-state index contributed by atoms with van der Waals surface area (Å²) in [6, 6.07) is 21.6. The van der Waals surface area contributed by atoms with Crippen LogP contribution in [0.15, 0.2) is 96.6 Å². The fraction of sp³-hybridized carbons (Fsp3) is 0.451. The van der Waals surface area contributed by atoms with E-state index in [0.29, 0.717) is 18.4 Å². The third-order valence-corrected chi connectivity index (χ3v) is 12.1. The molecular formula is C51H58N2O13. The predicted molar refractivity (Wildman–Crippen MR) is 239 cm³/mol. The maximum absolute atomic E-state index is 14.7. The minimum atomic E-state index is -1.05. The Hall–Kier alpha value is -6.16. The van der Waals surface area contributed by atoms with E-state index in [2.05, 4.69) is 5.32 Å². The van der Waals surface area contributed by atoms with E-state index in [4.69, 9.17) is 28.4 Å². The molecule has 2 amide bonds. The van der Waals surface area contributed by atoms with E-state index in [1.54, 1.807) is 65.0 Å². The molecule has 3 aromatic rings. The number of ether oxygens (including phenoxy) is 6. The summed E-state index contributed by atoms with van der Waals surface area (Å²) in [5, 5.41) is 13.1. The van der Waals surface area contributed by atoms with Crippen LogP contribution in [-0.2, 0) is 71.7 Å². The van der Waals surface area contributed by atoms with Gasteiger partial charge in [0.25, 0.3) is 0 Å². The van der Waals surface area contributed by atoms with Crippen molar-refractivity contribution in [2.45, 2.75) is 121 Å². The summed E-state index contributed by atoms with van der Waals surface area (Å²) in [6.07, 6.45) is 1.92. The van der Waals surface area contributed by atoms with E-state index in [1.807, 2.05) is 54.6 Å². The van der Waals surface area contributed by atoms with Gasteiger partial charge in [0.2, 0.25) is 17.9 Å². The number of hydrogen-bond acceptors (Lipinski definition) is 13. The minimum absolute atomic E-state index is 0.0393. The lowest BCUT2D eigenvalue weighted by molar-refractivity contribution is -0.172. The van der Waals surface area contributed by atoms with Gasteiger partial charge in [0, 0.05) is 56.2 Å². The molecule has 2 heterocycles. The zero-order valence-electron chi connectivity index (χ0n) is 38.2. The number of amides is 2. The molecule has 66 heavy (non-hydrogen) atoms. The third kappa shape index (κ3) is 11.4. The first-order valence-electron chi connectivity index (χ1n) is 22.3. The van der Waals surface area contributed by atoms with E-state index < -0.39 is 95.6 Å². The number of carbonyl (C=O) groups is 6. The highest BCUT2D eigenvalue weighted by molar-refractivity contribution is 5.97. The number of cyclic esters (lactones) is 1. The molecule has 2 fully saturated rings. The standard InChI is InChI=1S/C51H58N2O13/c1-49(2,3)65-42(56)23-21-37(29-54)52-45(57)38(24-32-12-8-7-9-13-32)53(6)46(58)36-25-39(43-40(26-36)64-51(66-43)27-34-14-10-11-15-35(34)28-51)62-47(59)33-19-16-31(17-20-33)18-22-41(55)63-44-48(60)61-30-50(44,4)5/h7-20,22,26,37-40,43-44,54H,21,23-25,27-30H2,1-6H3,(H,52,57)/t37-,38+,39+,40+,43-,44-/m0/s1. The number of rotatable bonds is 15. The van der Waals surface area contributed by atoms with Crippen molar-refractivity contribution in [3.05, 3.63) is 124 Å². The van der Waals surface area contributed by atoms with Crippen LogP contribution in [0.4, 0.5) is 0 Å². The molecule has 1 spiro atoms. The Morgan fingerprint density at radius 1 is 0.924 bits per heavy atom. The van der Waals surface area contributed by atoms with E-state index in [-0.39, 0.29) is 43.4 Å². The summed E-state index contributed by atoms with van der Waals surface area (Å²) in [5.41, 5.74) is 2.60. The van der Waals surface area contributed by atoms with Gasteiger partial charge in [-0.1, -0.05) is 80.6 Å². The molecule has 0 aromatic heterocycles. The number of nitrogens with zero attached hydrogens (tertiary/aromatic N) is 1. The van der Waals surface area contributed by atoms with Crippen molar-refractivity contribution in [1.82, 2.24) is 10.2 Å². The van der Waals surface area contributed by atoms with Crippen LogP contribution in [0.3, 0.4) is 0 Å². The van der Waals surface area contributed by atoms with Crippen molar-refractivity contribution in [2.75, 3.05) is 20.3 Å². The van der Waals surface area contributed by atoms with Crippen LogP contribution in [0.2, 0.25) is 0 Å². The van der Waals surface area contributed by atoms with E-state index in [0.717, 1.165) is 16.7 Å². The molecule has 0 saturated carbocycles. The number of esters is 4. The molecule has 6 atom stereocenters. The SMILES string of the molecule is CN(C(=O)C1=C[C@H]2OC3(Cc4ccccc4C3)O[C@H]2[C@H](OC(=O)c2ccc(C=CC(=O)O[C@H]3C(=O)OCC3(C)C)cc2)C1)[C@H](Cc1ccccc1)C(=O)N[C@H](CO)CCC(=O)OC(C)(C)C. The number of carbonyl (C=O) groups excluding carboxylic acids is 6. The Morgan fingerprint density at radius 3 is 2.21 bits per heavy atom. The van der Waals surface area contributed by atoms with Gasteiger partial charge in [-0.3, -0.25) is 14.4 Å². The molecule has 7 rings (SSSR count). The number of likely N-dealkylation sites (N-methyl/N-ethyl adjacent to an activating group) is 1. The number of aliphatic hydroxyl groups is 1. The molecule has 15 nitrogen and oxygen atoms in total. The molecule has 3 aromatic carbocycles. The first-order valence-corrected chi connectivity index (χ1v) is 22.3. The number of hydrogen-bond donors (Lipinski definition) is 2. The minimum Gasteiger partial charge on any atom is -0.462 e. The van der Waals surface area contributed by atoms with Gasteiger partial charge in [0.15, 0.2) is 5.79 Å². The zero-order chi connectivity index (χ0) is 47.4. The van der Waals surface area contributed by atoms with Gasteiger partial charge in [-0.2, -0.15) is 0 Å². The van der Waals surface area contributed by atoms with Crippen LogP contribution >= 0.6 is 0 Å². The van der Waals surface area contributed by atoms with Crippen LogP contribution < -0.4 is 5.32 Å². The van der Waals surface area contributed by atoms with Crippen LogP contribution in [0.1, 0.15) is 86.5 Å². The fourth-order valence-electron chi connectivity index (χ4n) is 8.65. The molecule has 2 saturated heterocycles. The third-order valence-electron chi connectivity index (χ3n) is 12.1. The average Bonchev–Trinajstić information content (AvgIpc) is 3.92. The van der Waals surface area contributed by atoms with Gasteiger partial charge < -0.3 is 43.7 Å². The van der Waals surface area contributed by atoms with Crippen molar-refractivity contribution < 1.29 is 62.3 Å². The van der Waals surface area contributed by atoms with Crippen LogP contribution in [-0.4, -0.2) is 114 Å². The largest absolute Gasteiger partial charge is 0.462 e. The quantitative estimate of drug-likeness (QED) is 0.118. The Morgan fingerprint density at radius 2 is 1.59 bits per heavy atom. The molecule has 4 aliphatic rings. The van der Waals surface area contributed by atoms with E-state index in [9.17, 15) is 33.9 Å². The van der Waals surface area contributed by atoms with Gasteiger partial charge in [-0.05, 0) is 73.7 Å². The molecule has 2 N–H and O–H groups in total. The molecule has 2 aliphatic heterocycles. The fourth-order valence-corrected chi connectivity index (χ4v) is 8.65. The van der Waals surface area contributed by atoms with Crippen molar-refractivity contribution in [3.8, 4) is 0 Å². The maximum Gasteiger partial charge on any atom is 0.348 e. The molecule has 2 aliphatic carbocycles. The van der Waals surface area contributed by atoms with Crippen LogP contribution in [0.5, 0.6) is 0 Å². The summed E-state index contributed by atoms with van der Waals surface area (Å²) < 4.78 is 35.4. The molecule has 15 heteroatoms. The van der Waals surface area contributed by atoms with Gasteiger partial charge in [0.05, 0.1) is 18.2 Å². The maximum atomic E-state index is 14.7. The van der Waals surface area contributed by atoms with Gasteiger partial charge in [-0.25, -0.2) is 14.4 Å². The monoisotopic (exact) mass is 906 g/mol. The number of nitrogens with one attached hydrogen (secondary N) is 1. The highest BCUT2D eigenvalue weighted by atomic mass is 16.8. The highest BCUT2D eigenvalue weighted by Gasteiger charge is 2.55. The van der Waals surface area contributed by atoms with Gasteiger partial charge in [-0.15, -0.1) is 0 Å². The van der Waals surface area contributed by atoms with Crippen molar-refractivity contribution in [3.63, 3.8) is 0 Å². The van der Waals surface area contributed by atoms with Crippen molar-refractivity contribution in [2.24, 2.45) is 5.41 Å². The summed E-state index contributed by atoms with van der Waals surface area (Å²) >= 11 is 0. The summed E-state index contributed by atoms with van der Waals surface area (Å²) in [5.74, 6) is -4.54. The normalized spacial score (nSPS) is 22.3. The second-order valence-corrected chi connectivity index (χ2v) is 19.0. The topological polar surface area (TPSA) is 193 Å². The molecule has 350 valence electrons. The first-order chi connectivity index (χ1) is 31.3. The number of benzene rings is 3. The lowest BCUT2D eigenvalue weighted by Crippen LogP contribution is -2.53. The Balaban J connectivity index is 1.08. The van der Waals surface area contributed by atoms with E-state index in [1.165, 1.54) is 24.1 Å². The lowest BCUT2D eigenvalue weighted by Gasteiger charge is -2.34. The van der Waals surface area contributed by atoms with Crippen LogP contribution in [0, 0.1) is 5.41 Å². The zero-order valence-corrected chi connectivity index (χ0v) is 38.2. The molecular weight excluding hydrogens is 849 g/mol. The van der Waals surface area contributed by atoms with E-state index >= 15 is 0 Å². The van der Waals surface area contributed by atoms with Gasteiger partial charge >= 0.3 is 23.9 Å². The number of aliphatic hydroxyl groups excluding tert-OH is 1. The Kier molecular flexibility index (Phi) is 14.3. The Labute approximate surface area is 384 Å². The molecule has 0 radical (unpaired) electrons. The molecule has 0 bridgehead atoms. The summed E-state index contributed by atoms with van der Waals surface area (Å²) in [7, 11) is 1.53. The smallest absolute Gasteiger partial charge is 0.348 e.